The minimum absolute atomic E-state index is 0.0501. The molecule has 1 aliphatic heterocycles. The third-order valence-corrected chi connectivity index (χ3v) is 5.60. The summed E-state index contributed by atoms with van der Waals surface area (Å²) in [6.45, 7) is 1.78. The van der Waals surface area contributed by atoms with Gasteiger partial charge in [-0.05, 0) is 37.5 Å². The standard InChI is InChI=1S/C13H16FNO3S/c1-9-4-5-11(12(14)7-9)13(16)15-8-10-3-2-6-19(10,17)18/h4-5,7,10H,2-3,6,8H2,1H3,(H,15,16). The minimum atomic E-state index is -3.09. The van der Waals surface area contributed by atoms with Crippen molar-refractivity contribution in [3.8, 4) is 0 Å². The molecular weight excluding hydrogens is 269 g/mol. The number of carbonyl (C=O) groups excluding carboxylic acids is 1. The van der Waals surface area contributed by atoms with E-state index in [0.29, 0.717) is 12.8 Å². The number of nitrogens with one attached hydrogen (secondary N) is 1. The Labute approximate surface area is 111 Å². The lowest BCUT2D eigenvalue weighted by Gasteiger charge is -2.11. The van der Waals surface area contributed by atoms with Crippen molar-refractivity contribution in [3.05, 3.63) is 35.1 Å². The average molecular weight is 285 g/mol. The van der Waals surface area contributed by atoms with Gasteiger partial charge in [0.25, 0.3) is 5.91 Å². The fourth-order valence-corrected chi connectivity index (χ4v) is 3.96. The zero-order chi connectivity index (χ0) is 14.0. The van der Waals surface area contributed by atoms with E-state index < -0.39 is 26.8 Å². The molecule has 104 valence electrons. The maximum absolute atomic E-state index is 13.6. The van der Waals surface area contributed by atoms with Crippen LogP contribution in [0.1, 0.15) is 28.8 Å². The van der Waals surface area contributed by atoms with Crippen molar-refractivity contribution in [2.75, 3.05) is 12.3 Å². The highest BCUT2D eigenvalue weighted by Gasteiger charge is 2.31. The minimum Gasteiger partial charge on any atom is -0.351 e. The number of hydrogen-bond donors (Lipinski definition) is 1. The van der Waals surface area contributed by atoms with Crippen LogP contribution in [-0.4, -0.2) is 31.9 Å². The number of aryl methyl sites for hydroxylation is 1. The predicted molar refractivity (Wildman–Crippen MR) is 70.3 cm³/mol. The summed E-state index contributed by atoms with van der Waals surface area (Å²) in [4.78, 5) is 11.8. The fraction of sp³-hybridized carbons (Fsp3) is 0.462. The monoisotopic (exact) mass is 285 g/mol. The summed E-state index contributed by atoms with van der Waals surface area (Å²) in [6, 6.07) is 4.33. The van der Waals surface area contributed by atoms with Gasteiger partial charge in [-0.2, -0.15) is 0 Å². The van der Waals surface area contributed by atoms with Crippen LogP contribution >= 0.6 is 0 Å². The summed E-state index contributed by atoms with van der Waals surface area (Å²) >= 11 is 0. The Morgan fingerprint density at radius 1 is 1.47 bits per heavy atom. The van der Waals surface area contributed by atoms with Crippen molar-refractivity contribution in [1.82, 2.24) is 5.32 Å². The summed E-state index contributed by atoms with van der Waals surface area (Å²) in [6.07, 6.45) is 1.18. The van der Waals surface area contributed by atoms with Gasteiger partial charge in [-0.25, -0.2) is 12.8 Å². The predicted octanol–water partition coefficient (Wildman–Crippen LogP) is 1.44. The van der Waals surface area contributed by atoms with Crippen LogP contribution in [0.3, 0.4) is 0 Å². The van der Waals surface area contributed by atoms with Gasteiger partial charge >= 0.3 is 0 Å². The highest BCUT2D eigenvalue weighted by atomic mass is 32.2. The lowest BCUT2D eigenvalue weighted by Crippen LogP contribution is -2.35. The molecule has 4 nitrogen and oxygen atoms in total. The molecule has 0 saturated carbocycles. The summed E-state index contributed by atoms with van der Waals surface area (Å²) in [5.41, 5.74) is 0.674. The van der Waals surface area contributed by atoms with Crippen molar-refractivity contribution in [2.45, 2.75) is 25.0 Å². The number of carbonyl (C=O) groups is 1. The molecule has 1 N–H and O–H groups in total. The molecule has 1 atom stereocenters. The lowest BCUT2D eigenvalue weighted by atomic mass is 10.1. The van der Waals surface area contributed by atoms with Gasteiger partial charge in [0.05, 0.1) is 16.6 Å². The Kier molecular flexibility index (Phi) is 3.89. The molecule has 2 rings (SSSR count). The van der Waals surface area contributed by atoms with E-state index in [1.807, 2.05) is 0 Å². The third-order valence-electron chi connectivity index (χ3n) is 3.32. The zero-order valence-corrected chi connectivity index (χ0v) is 11.5. The largest absolute Gasteiger partial charge is 0.351 e. The second kappa shape index (κ2) is 5.28. The Balaban J connectivity index is 2.02. The van der Waals surface area contributed by atoms with Gasteiger partial charge in [-0.1, -0.05) is 6.07 Å². The zero-order valence-electron chi connectivity index (χ0n) is 10.6. The van der Waals surface area contributed by atoms with E-state index in [0.717, 1.165) is 5.56 Å². The molecule has 1 amide bonds. The maximum atomic E-state index is 13.6. The Morgan fingerprint density at radius 2 is 2.21 bits per heavy atom. The first kappa shape index (κ1) is 14.0. The number of halogens is 1. The summed E-state index contributed by atoms with van der Waals surface area (Å²) in [5, 5.41) is 1.96. The van der Waals surface area contributed by atoms with Crippen LogP contribution in [-0.2, 0) is 9.84 Å². The molecule has 1 aromatic carbocycles. The summed E-state index contributed by atoms with van der Waals surface area (Å²) in [7, 11) is -3.09. The molecule has 0 radical (unpaired) electrons. The molecule has 1 unspecified atom stereocenters. The van der Waals surface area contributed by atoms with E-state index in [2.05, 4.69) is 5.32 Å². The highest BCUT2D eigenvalue weighted by molar-refractivity contribution is 7.92. The molecule has 1 heterocycles. The number of sulfone groups is 1. The van der Waals surface area contributed by atoms with Crippen molar-refractivity contribution in [2.24, 2.45) is 0 Å². The number of benzene rings is 1. The highest BCUT2D eigenvalue weighted by Crippen LogP contribution is 2.19. The second-order valence-corrected chi connectivity index (χ2v) is 7.23. The van der Waals surface area contributed by atoms with Crippen LogP contribution in [0.2, 0.25) is 0 Å². The van der Waals surface area contributed by atoms with Crippen LogP contribution < -0.4 is 5.32 Å². The van der Waals surface area contributed by atoms with E-state index in [9.17, 15) is 17.6 Å². The number of rotatable bonds is 3. The molecule has 0 aliphatic carbocycles. The quantitative estimate of drug-likeness (QED) is 0.914. The average Bonchev–Trinajstić information content (AvgIpc) is 2.65. The van der Waals surface area contributed by atoms with Crippen LogP contribution in [0.5, 0.6) is 0 Å². The molecule has 1 aromatic rings. The summed E-state index contributed by atoms with van der Waals surface area (Å²) in [5.74, 6) is -0.988. The number of hydrogen-bond acceptors (Lipinski definition) is 3. The molecule has 1 saturated heterocycles. The first-order valence-electron chi connectivity index (χ1n) is 6.16. The SMILES string of the molecule is Cc1ccc(C(=O)NCC2CCCS2(=O)=O)c(F)c1. The van der Waals surface area contributed by atoms with Gasteiger partial charge in [0, 0.05) is 6.54 Å². The normalized spacial score (nSPS) is 21.3. The van der Waals surface area contributed by atoms with E-state index in [-0.39, 0.29) is 17.9 Å². The van der Waals surface area contributed by atoms with Crippen molar-refractivity contribution in [3.63, 3.8) is 0 Å². The van der Waals surface area contributed by atoms with Crippen LogP contribution in [0.4, 0.5) is 4.39 Å². The van der Waals surface area contributed by atoms with Gasteiger partial charge in [-0.15, -0.1) is 0 Å². The van der Waals surface area contributed by atoms with Crippen molar-refractivity contribution < 1.29 is 17.6 Å². The topological polar surface area (TPSA) is 63.2 Å². The molecule has 0 aromatic heterocycles. The molecular formula is C13H16FNO3S. The molecule has 0 bridgehead atoms. The number of amides is 1. The first-order valence-corrected chi connectivity index (χ1v) is 7.87. The maximum Gasteiger partial charge on any atom is 0.254 e. The molecule has 1 aliphatic rings. The molecule has 6 heteroatoms. The van der Waals surface area contributed by atoms with E-state index in [1.165, 1.54) is 12.1 Å². The van der Waals surface area contributed by atoms with E-state index in [1.54, 1.807) is 13.0 Å². The second-order valence-electron chi connectivity index (χ2n) is 4.82. The van der Waals surface area contributed by atoms with Crippen LogP contribution in [0.15, 0.2) is 18.2 Å². The van der Waals surface area contributed by atoms with E-state index in [4.69, 9.17) is 0 Å². The van der Waals surface area contributed by atoms with Gasteiger partial charge in [0.15, 0.2) is 9.84 Å². The Bertz CT molecular complexity index is 598. The van der Waals surface area contributed by atoms with Gasteiger partial charge in [-0.3, -0.25) is 4.79 Å². The molecule has 0 spiro atoms. The molecule has 1 fully saturated rings. The van der Waals surface area contributed by atoms with Crippen LogP contribution in [0.25, 0.3) is 0 Å². The Hall–Kier alpha value is -1.43. The Morgan fingerprint density at radius 3 is 2.79 bits per heavy atom. The van der Waals surface area contributed by atoms with Crippen molar-refractivity contribution in [1.29, 1.82) is 0 Å². The van der Waals surface area contributed by atoms with E-state index >= 15 is 0 Å². The fourth-order valence-electron chi connectivity index (χ4n) is 2.19. The van der Waals surface area contributed by atoms with Gasteiger partial charge in [0.2, 0.25) is 0 Å². The molecule has 19 heavy (non-hydrogen) atoms. The third kappa shape index (κ3) is 3.12. The van der Waals surface area contributed by atoms with Crippen LogP contribution in [0, 0.1) is 12.7 Å². The smallest absolute Gasteiger partial charge is 0.254 e. The van der Waals surface area contributed by atoms with Gasteiger partial charge < -0.3 is 5.32 Å². The lowest BCUT2D eigenvalue weighted by molar-refractivity contribution is 0.0949. The first-order chi connectivity index (χ1) is 8.90. The van der Waals surface area contributed by atoms with Crippen molar-refractivity contribution >= 4 is 15.7 Å². The van der Waals surface area contributed by atoms with Gasteiger partial charge in [0.1, 0.15) is 5.82 Å². The summed E-state index contributed by atoms with van der Waals surface area (Å²) < 4.78 is 36.8.